The molecule has 0 unspecified atom stereocenters. The molecule has 3 aromatic rings. The molecule has 0 bridgehead atoms. The van der Waals surface area contributed by atoms with E-state index < -0.39 is 0 Å². The van der Waals surface area contributed by atoms with Gasteiger partial charge in [-0.25, -0.2) is 4.98 Å². The first kappa shape index (κ1) is 17.4. The van der Waals surface area contributed by atoms with Gasteiger partial charge in [0.1, 0.15) is 17.8 Å². The van der Waals surface area contributed by atoms with Crippen LogP contribution in [0.1, 0.15) is 29.2 Å². The zero-order chi connectivity index (χ0) is 18.8. The molecule has 0 atom stereocenters. The van der Waals surface area contributed by atoms with Crippen LogP contribution in [-0.2, 0) is 6.61 Å². The maximum absolute atomic E-state index is 12.4. The van der Waals surface area contributed by atoms with Gasteiger partial charge in [0.05, 0.1) is 7.11 Å². The summed E-state index contributed by atoms with van der Waals surface area (Å²) in [6, 6.07) is 11.7. The molecule has 1 aliphatic carbocycles. The van der Waals surface area contributed by atoms with E-state index in [1.807, 2.05) is 36.4 Å². The first-order valence-corrected chi connectivity index (χ1v) is 9.03. The number of oxazole rings is 1. The van der Waals surface area contributed by atoms with E-state index in [9.17, 15) is 4.79 Å². The van der Waals surface area contributed by atoms with Gasteiger partial charge in [-0.05, 0) is 53.8 Å². The topological polar surface area (TPSA) is 64.8 Å². The number of hydrogen-bond donors (Lipinski definition) is 0. The van der Waals surface area contributed by atoms with E-state index in [1.165, 1.54) is 19.1 Å². The number of nitrogens with zero attached hydrogens (tertiary/aromatic N) is 2. The Morgan fingerprint density at radius 1 is 1.19 bits per heavy atom. The van der Waals surface area contributed by atoms with Crippen molar-refractivity contribution in [1.29, 1.82) is 0 Å². The van der Waals surface area contributed by atoms with Crippen LogP contribution in [0.25, 0.3) is 10.8 Å². The highest BCUT2D eigenvalue weighted by atomic mass is 16.5. The average molecular weight is 366 g/mol. The van der Waals surface area contributed by atoms with Crippen LogP contribution < -0.4 is 9.47 Å². The molecule has 1 fully saturated rings. The zero-order valence-corrected chi connectivity index (χ0v) is 15.5. The third-order valence-corrected chi connectivity index (χ3v) is 4.73. The molecule has 1 aromatic heterocycles. The van der Waals surface area contributed by atoms with Crippen molar-refractivity contribution in [2.75, 3.05) is 20.7 Å². The van der Waals surface area contributed by atoms with Crippen molar-refractivity contribution in [2.24, 2.45) is 5.92 Å². The fraction of sp³-hybridized carbons (Fsp3) is 0.333. The van der Waals surface area contributed by atoms with E-state index in [0.717, 1.165) is 23.1 Å². The molecule has 1 aliphatic rings. The van der Waals surface area contributed by atoms with Crippen molar-refractivity contribution >= 4 is 16.7 Å². The van der Waals surface area contributed by atoms with E-state index in [1.54, 1.807) is 19.1 Å². The van der Waals surface area contributed by atoms with Crippen LogP contribution in [0.4, 0.5) is 0 Å². The number of methoxy groups -OCH3 is 1. The Kier molecular flexibility index (Phi) is 4.71. The lowest BCUT2D eigenvalue weighted by molar-refractivity contribution is 0.0783. The Morgan fingerprint density at radius 2 is 1.93 bits per heavy atom. The highest BCUT2D eigenvalue weighted by Gasteiger charge is 2.26. The third-order valence-electron chi connectivity index (χ3n) is 4.73. The molecule has 1 amide bonds. The predicted octanol–water partition coefficient (Wildman–Crippen LogP) is 3.90. The maximum atomic E-state index is 12.4. The molecule has 0 N–H and O–H groups in total. The van der Waals surface area contributed by atoms with Crippen molar-refractivity contribution in [3.63, 3.8) is 0 Å². The highest BCUT2D eigenvalue weighted by molar-refractivity contribution is 5.91. The lowest BCUT2D eigenvalue weighted by Gasteiger charge is -2.14. The smallest absolute Gasteiger partial charge is 0.275 e. The summed E-state index contributed by atoms with van der Waals surface area (Å²) in [5.74, 6) is 2.40. The molecule has 0 aliphatic heterocycles. The van der Waals surface area contributed by atoms with Crippen LogP contribution in [0.5, 0.6) is 11.5 Å². The maximum Gasteiger partial charge on any atom is 0.275 e. The second-order valence-electron chi connectivity index (χ2n) is 6.92. The molecule has 4 rings (SSSR count). The summed E-state index contributed by atoms with van der Waals surface area (Å²) in [5, 5.41) is 2.13. The van der Waals surface area contributed by atoms with Crippen LogP contribution >= 0.6 is 0 Å². The summed E-state index contributed by atoms with van der Waals surface area (Å²) in [6.45, 7) is 0.938. The van der Waals surface area contributed by atoms with Crippen molar-refractivity contribution in [1.82, 2.24) is 9.88 Å². The Morgan fingerprint density at radius 3 is 2.67 bits per heavy atom. The summed E-state index contributed by atoms with van der Waals surface area (Å²) >= 11 is 0. The van der Waals surface area contributed by atoms with Crippen molar-refractivity contribution < 1.29 is 18.7 Å². The van der Waals surface area contributed by atoms with Crippen LogP contribution in [0.2, 0.25) is 0 Å². The minimum absolute atomic E-state index is 0.116. The highest BCUT2D eigenvalue weighted by Crippen LogP contribution is 2.29. The first-order chi connectivity index (χ1) is 13.1. The van der Waals surface area contributed by atoms with E-state index in [0.29, 0.717) is 23.3 Å². The molecular formula is C21H22N2O4. The molecule has 2 aromatic carbocycles. The SMILES string of the molecule is COc1ccc2ccc(OCc3nc(C(=O)N(C)CC4CC4)co3)cc2c1. The summed E-state index contributed by atoms with van der Waals surface area (Å²) in [4.78, 5) is 18.3. The van der Waals surface area contributed by atoms with Crippen molar-refractivity contribution in [2.45, 2.75) is 19.4 Å². The first-order valence-electron chi connectivity index (χ1n) is 9.03. The van der Waals surface area contributed by atoms with Gasteiger partial charge in [-0.3, -0.25) is 4.79 Å². The Labute approximate surface area is 157 Å². The number of hydrogen-bond acceptors (Lipinski definition) is 5. The largest absolute Gasteiger partial charge is 0.497 e. The number of fused-ring (bicyclic) bond motifs is 1. The monoisotopic (exact) mass is 366 g/mol. The Balaban J connectivity index is 1.40. The number of carbonyl (C=O) groups is 1. The standard InChI is InChI=1S/C21H22N2O4/c1-23(11-14-3-4-14)21(24)19-12-27-20(22-19)13-26-18-8-6-15-5-7-17(25-2)9-16(15)10-18/h5-10,12,14H,3-4,11,13H2,1-2H3. The lowest BCUT2D eigenvalue weighted by Crippen LogP contribution is -2.29. The van der Waals surface area contributed by atoms with Gasteiger partial charge in [-0.2, -0.15) is 0 Å². The second-order valence-corrected chi connectivity index (χ2v) is 6.92. The van der Waals surface area contributed by atoms with Gasteiger partial charge in [0.15, 0.2) is 12.3 Å². The van der Waals surface area contributed by atoms with Gasteiger partial charge in [-0.1, -0.05) is 12.1 Å². The molecule has 140 valence electrons. The molecule has 27 heavy (non-hydrogen) atoms. The summed E-state index contributed by atoms with van der Waals surface area (Å²) < 4.78 is 16.4. The minimum Gasteiger partial charge on any atom is -0.497 e. The summed E-state index contributed by atoms with van der Waals surface area (Å²) in [6.07, 6.45) is 3.80. The van der Waals surface area contributed by atoms with E-state index in [4.69, 9.17) is 13.9 Å². The number of benzene rings is 2. The van der Waals surface area contributed by atoms with Gasteiger partial charge in [0, 0.05) is 13.6 Å². The van der Waals surface area contributed by atoms with Crippen molar-refractivity contribution in [3.05, 3.63) is 54.2 Å². The molecule has 0 saturated heterocycles. The molecule has 0 spiro atoms. The molecule has 6 heteroatoms. The van der Waals surface area contributed by atoms with Crippen LogP contribution in [0.15, 0.2) is 47.1 Å². The summed E-state index contributed by atoms with van der Waals surface area (Å²) in [5.41, 5.74) is 0.319. The molecular weight excluding hydrogens is 344 g/mol. The van der Waals surface area contributed by atoms with Gasteiger partial charge in [-0.15, -0.1) is 0 Å². The molecule has 0 radical (unpaired) electrons. The average Bonchev–Trinajstić information content (AvgIpc) is 3.38. The summed E-state index contributed by atoms with van der Waals surface area (Å²) in [7, 11) is 3.44. The van der Waals surface area contributed by atoms with Crippen molar-refractivity contribution in [3.8, 4) is 11.5 Å². The number of carbonyl (C=O) groups excluding carboxylic acids is 1. The van der Waals surface area contributed by atoms with E-state index in [2.05, 4.69) is 4.98 Å². The van der Waals surface area contributed by atoms with Gasteiger partial charge >= 0.3 is 0 Å². The minimum atomic E-state index is -0.116. The lowest BCUT2D eigenvalue weighted by atomic mass is 10.1. The van der Waals surface area contributed by atoms with Crippen LogP contribution in [-0.4, -0.2) is 36.5 Å². The quantitative estimate of drug-likeness (QED) is 0.635. The predicted molar refractivity (Wildman–Crippen MR) is 101 cm³/mol. The Bertz CT molecular complexity index is 962. The van der Waals surface area contributed by atoms with Crippen LogP contribution in [0.3, 0.4) is 0 Å². The van der Waals surface area contributed by atoms with Gasteiger partial charge < -0.3 is 18.8 Å². The molecule has 1 saturated carbocycles. The van der Waals surface area contributed by atoms with Crippen LogP contribution in [0, 0.1) is 5.92 Å². The zero-order valence-electron chi connectivity index (χ0n) is 15.5. The Hall–Kier alpha value is -3.02. The number of aromatic nitrogens is 1. The normalized spacial score (nSPS) is 13.6. The molecule has 6 nitrogen and oxygen atoms in total. The number of rotatable bonds is 7. The van der Waals surface area contributed by atoms with E-state index in [-0.39, 0.29) is 12.5 Å². The number of amides is 1. The number of ether oxygens (including phenoxy) is 2. The third kappa shape index (κ3) is 4.05. The molecule has 1 heterocycles. The van der Waals surface area contributed by atoms with E-state index >= 15 is 0 Å². The second kappa shape index (κ2) is 7.31. The fourth-order valence-corrected chi connectivity index (χ4v) is 3.01. The van der Waals surface area contributed by atoms with Gasteiger partial charge in [0.2, 0.25) is 5.89 Å². The van der Waals surface area contributed by atoms with Gasteiger partial charge in [0.25, 0.3) is 5.91 Å². The fourth-order valence-electron chi connectivity index (χ4n) is 3.01.